The first kappa shape index (κ1) is 21.2. The van der Waals surface area contributed by atoms with Gasteiger partial charge < -0.3 is 20.3 Å². The zero-order valence-corrected chi connectivity index (χ0v) is 16.4. The SMILES string of the molecule is CCCCCCC(C)NC(=NC)NCC1CCN(CCOC)CC1. The molecule has 1 heterocycles. The second-order valence-electron chi connectivity index (χ2n) is 7.13. The van der Waals surface area contributed by atoms with E-state index in [1.54, 1.807) is 7.11 Å². The minimum Gasteiger partial charge on any atom is -0.383 e. The van der Waals surface area contributed by atoms with Gasteiger partial charge in [-0.05, 0) is 45.2 Å². The van der Waals surface area contributed by atoms with Crippen LogP contribution < -0.4 is 10.6 Å². The third-order valence-electron chi connectivity index (χ3n) is 4.97. The van der Waals surface area contributed by atoms with Crippen molar-refractivity contribution >= 4 is 5.96 Å². The van der Waals surface area contributed by atoms with E-state index in [1.807, 2.05) is 7.05 Å². The fourth-order valence-electron chi connectivity index (χ4n) is 3.25. The number of nitrogens with one attached hydrogen (secondary N) is 2. The molecule has 0 radical (unpaired) electrons. The predicted octanol–water partition coefficient (Wildman–Crippen LogP) is 2.87. The highest BCUT2D eigenvalue weighted by Crippen LogP contribution is 2.16. The number of guanidine groups is 1. The first-order valence-electron chi connectivity index (χ1n) is 9.88. The Labute approximate surface area is 149 Å². The molecule has 0 aromatic heterocycles. The van der Waals surface area contributed by atoms with Crippen LogP contribution in [-0.4, -0.2) is 63.8 Å². The molecule has 1 fully saturated rings. The molecule has 1 saturated heterocycles. The molecule has 0 aromatic rings. The van der Waals surface area contributed by atoms with Crippen LogP contribution in [0, 0.1) is 5.92 Å². The lowest BCUT2D eigenvalue weighted by Crippen LogP contribution is -2.45. The molecule has 1 aliphatic heterocycles. The maximum atomic E-state index is 5.17. The Bertz CT molecular complexity index is 327. The number of methoxy groups -OCH3 is 1. The number of piperidine rings is 1. The van der Waals surface area contributed by atoms with Gasteiger partial charge in [-0.3, -0.25) is 4.99 Å². The molecule has 2 N–H and O–H groups in total. The maximum absolute atomic E-state index is 5.17. The molecule has 0 aliphatic carbocycles. The number of rotatable bonds is 11. The summed E-state index contributed by atoms with van der Waals surface area (Å²) in [5.41, 5.74) is 0. The zero-order valence-electron chi connectivity index (χ0n) is 16.4. The van der Waals surface area contributed by atoms with Gasteiger partial charge in [-0.15, -0.1) is 0 Å². The van der Waals surface area contributed by atoms with Gasteiger partial charge in [0.05, 0.1) is 6.61 Å². The first-order chi connectivity index (χ1) is 11.7. The molecule has 0 saturated carbocycles. The van der Waals surface area contributed by atoms with Gasteiger partial charge in [0.15, 0.2) is 5.96 Å². The lowest BCUT2D eigenvalue weighted by molar-refractivity contribution is 0.121. The van der Waals surface area contributed by atoms with Crippen LogP contribution in [0.3, 0.4) is 0 Å². The van der Waals surface area contributed by atoms with Crippen LogP contribution in [-0.2, 0) is 4.74 Å². The normalized spacial score (nSPS) is 18.6. The molecule has 0 spiro atoms. The van der Waals surface area contributed by atoms with Crippen molar-refractivity contribution in [3.63, 3.8) is 0 Å². The van der Waals surface area contributed by atoms with E-state index < -0.39 is 0 Å². The van der Waals surface area contributed by atoms with Crippen molar-refractivity contribution in [2.45, 2.75) is 64.8 Å². The summed E-state index contributed by atoms with van der Waals surface area (Å²) in [6, 6.07) is 0.490. The highest BCUT2D eigenvalue weighted by atomic mass is 16.5. The van der Waals surface area contributed by atoms with Crippen molar-refractivity contribution in [3.05, 3.63) is 0 Å². The summed E-state index contributed by atoms with van der Waals surface area (Å²) in [6.07, 6.45) is 9.05. The minimum atomic E-state index is 0.490. The predicted molar refractivity (Wildman–Crippen MR) is 104 cm³/mol. The third-order valence-corrected chi connectivity index (χ3v) is 4.97. The Kier molecular flexibility index (Phi) is 11.9. The monoisotopic (exact) mass is 340 g/mol. The van der Waals surface area contributed by atoms with E-state index in [0.717, 1.165) is 31.6 Å². The largest absolute Gasteiger partial charge is 0.383 e. The highest BCUT2D eigenvalue weighted by molar-refractivity contribution is 5.79. The molecular formula is C19H40N4O. The maximum Gasteiger partial charge on any atom is 0.191 e. The second-order valence-corrected chi connectivity index (χ2v) is 7.13. The minimum absolute atomic E-state index is 0.490. The number of aliphatic imine (C=N–C) groups is 1. The van der Waals surface area contributed by atoms with Crippen molar-refractivity contribution in [1.29, 1.82) is 0 Å². The van der Waals surface area contributed by atoms with Crippen LogP contribution >= 0.6 is 0 Å². The summed E-state index contributed by atoms with van der Waals surface area (Å²) in [6.45, 7) is 9.83. The van der Waals surface area contributed by atoms with Gasteiger partial charge in [0.25, 0.3) is 0 Å². The average Bonchev–Trinajstić information content (AvgIpc) is 2.61. The number of ether oxygens (including phenoxy) is 1. The van der Waals surface area contributed by atoms with Crippen LogP contribution in [0.5, 0.6) is 0 Å². The Hall–Kier alpha value is -0.810. The smallest absolute Gasteiger partial charge is 0.191 e. The molecule has 24 heavy (non-hydrogen) atoms. The van der Waals surface area contributed by atoms with Crippen molar-refractivity contribution in [1.82, 2.24) is 15.5 Å². The standard InChI is InChI=1S/C19H40N4O/c1-5-6-7-8-9-17(2)22-19(20-3)21-16-18-10-12-23(13-11-18)14-15-24-4/h17-18H,5-16H2,1-4H3,(H2,20,21,22). The van der Waals surface area contributed by atoms with Crippen molar-refractivity contribution < 1.29 is 4.74 Å². The molecule has 5 heteroatoms. The molecule has 0 bridgehead atoms. The van der Waals surface area contributed by atoms with Gasteiger partial charge in [-0.25, -0.2) is 0 Å². The number of hydrogen-bond acceptors (Lipinski definition) is 3. The number of nitrogens with zero attached hydrogens (tertiary/aromatic N) is 2. The molecule has 1 rings (SSSR count). The summed E-state index contributed by atoms with van der Waals surface area (Å²) in [5.74, 6) is 1.71. The van der Waals surface area contributed by atoms with E-state index in [0.29, 0.717) is 6.04 Å². The van der Waals surface area contributed by atoms with E-state index in [1.165, 1.54) is 58.0 Å². The topological polar surface area (TPSA) is 48.9 Å². The third kappa shape index (κ3) is 9.48. The van der Waals surface area contributed by atoms with Crippen LogP contribution in [0.2, 0.25) is 0 Å². The van der Waals surface area contributed by atoms with Gasteiger partial charge in [0, 0.05) is 33.3 Å². The lowest BCUT2D eigenvalue weighted by atomic mass is 9.97. The number of hydrogen-bond donors (Lipinski definition) is 2. The van der Waals surface area contributed by atoms with Gasteiger partial charge in [0.2, 0.25) is 0 Å². The first-order valence-corrected chi connectivity index (χ1v) is 9.88. The van der Waals surface area contributed by atoms with E-state index in [9.17, 15) is 0 Å². The van der Waals surface area contributed by atoms with Gasteiger partial charge >= 0.3 is 0 Å². The van der Waals surface area contributed by atoms with Gasteiger partial charge in [0.1, 0.15) is 0 Å². The van der Waals surface area contributed by atoms with E-state index in [-0.39, 0.29) is 0 Å². The lowest BCUT2D eigenvalue weighted by Gasteiger charge is -2.32. The van der Waals surface area contributed by atoms with Crippen LogP contribution in [0.25, 0.3) is 0 Å². The molecule has 142 valence electrons. The second kappa shape index (κ2) is 13.5. The molecule has 5 nitrogen and oxygen atoms in total. The van der Waals surface area contributed by atoms with Crippen LogP contribution in [0.4, 0.5) is 0 Å². The molecule has 1 aliphatic rings. The molecular weight excluding hydrogens is 300 g/mol. The Morgan fingerprint density at radius 3 is 2.62 bits per heavy atom. The molecule has 0 aromatic carbocycles. The van der Waals surface area contributed by atoms with Crippen LogP contribution in [0.1, 0.15) is 58.8 Å². The quantitative estimate of drug-likeness (QED) is 0.345. The summed E-state index contributed by atoms with van der Waals surface area (Å²) >= 11 is 0. The fraction of sp³-hybridized carbons (Fsp3) is 0.947. The summed E-state index contributed by atoms with van der Waals surface area (Å²) in [4.78, 5) is 6.89. The number of likely N-dealkylation sites (tertiary alicyclic amines) is 1. The molecule has 1 atom stereocenters. The fourth-order valence-corrected chi connectivity index (χ4v) is 3.25. The molecule has 0 amide bonds. The molecule has 1 unspecified atom stereocenters. The van der Waals surface area contributed by atoms with Crippen molar-refractivity contribution in [2.75, 3.05) is 46.9 Å². The Balaban J connectivity index is 2.15. The van der Waals surface area contributed by atoms with E-state index in [4.69, 9.17) is 4.74 Å². The summed E-state index contributed by atoms with van der Waals surface area (Å²) in [7, 11) is 3.65. The zero-order chi connectivity index (χ0) is 17.6. The average molecular weight is 341 g/mol. The van der Waals surface area contributed by atoms with E-state index >= 15 is 0 Å². The summed E-state index contributed by atoms with van der Waals surface area (Å²) < 4.78 is 5.17. The van der Waals surface area contributed by atoms with Crippen molar-refractivity contribution in [3.8, 4) is 0 Å². The Morgan fingerprint density at radius 1 is 1.25 bits per heavy atom. The van der Waals surface area contributed by atoms with Crippen molar-refractivity contribution in [2.24, 2.45) is 10.9 Å². The Morgan fingerprint density at radius 2 is 2.00 bits per heavy atom. The number of unbranched alkanes of at least 4 members (excludes halogenated alkanes) is 3. The van der Waals surface area contributed by atoms with E-state index in [2.05, 4.69) is 34.4 Å². The van der Waals surface area contributed by atoms with Gasteiger partial charge in [-0.2, -0.15) is 0 Å². The summed E-state index contributed by atoms with van der Waals surface area (Å²) in [5, 5.41) is 7.06. The van der Waals surface area contributed by atoms with Gasteiger partial charge in [-0.1, -0.05) is 32.6 Å². The highest BCUT2D eigenvalue weighted by Gasteiger charge is 2.19. The van der Waals surface area contributed by atoms with Crippen LogP contribution in [0.15, 0.2) is 4.99 Å².